The quantitative estimate of drug-likeness (QED) is 0.345. The summed E-state index contributed by atoms with van der Waals surface area (Å²) in [6.45, 7) is 2.79. The Hall–Kier alpha value is -4.60. The van der Waals surface area contributed by atoms with Gasteiger partial charge in [0.05, 0.1) is 23.5 Å². The number of H-pyrrole nitrogens is 1. The first-order valence-corrected chi connectivity index (χ1v) is 11.2. The summed E-state index contributed by atoms with van der Waals surface area (Å²) in [6.07, 6.45) is 6.00. The third-order valence-corrected chi connectivity index (χ3v) is 6.15. The second-order valence-electron chi connectivity index (χ2n) is 8.40. The van der Waals surface area contributed by atoms with Gasteiger partial charge in [-0.2, -0.15) is 0 Å². The van der Waals surface area contributed by atoms with Gasteiger partial charge in [0.25, 0.3) is 17.6 Å². The fraction of sp³-hybridized carbons (Fsp3) is 0.200. The first-order chi connectivity index (χ1) is 16.9. The zero-order valence-corrected chi connectivity index (χ0v) is 19.0. The van der Waals surface area contributed by atoms with E-state index in [0.29, 0.717) is 34.4 Å². The number of aromatic amines is 1. The number of nitrogen functional groups attached to an aromatic ring is 1. The molecule has 10 heteroatoms. The van der Waals surface area contributed by atoms with Crippen molar-refractivity contribution in [2.24, 2.45) is 0 Å². The standard InChI is InChI=1S/C25H23N7O3/c1-15-14-31(9-10-32(15)24(34)16-5-3-2-4-6-16)25(35)23(33)18-11-30-21-17(18)7-8-27-22(21)19-12-29-20(26)13-28-19/h2-8,11-13,15,30H,9-10,14H2,1H3,(H2,26,29). The Bertz CT molecular complexity index is 1420. The van der Waals surface area contributed by atoms with Crippen LogP contribution < -0.4 is 5.73 Å². The van der Waals surface area contributed by atoms with Crippen molar-refractivity contribution in [3.8, 4) is 11.4 Å². The summed E-state index contributed by atoms with van der Waals surface area (Å²) in [5, 5.41) is 0.568. The van der Waals surface area contributed by atoms with Crippen LogP contribution in [0.4, 0.5) is 5.82 Å². The number of rotatable bonds is 4. The molecule has 4 heterocycles. The molecule has 0 spiro atoms. The number of carbonyl (C=O) groups excluding carboxylic acids is 3. The van der Waals surface area contributed by atoms with Gasteiger partial charge in [0.1, 0.15) is 17.2 Å². The SMILES string of the molecule is CC1CN(C(=O)C(=O)c2c[nH]c3c(-c4cnc(N)cn4)nccc23)CCN1C(=O)c1ccccc1. The number of fused-ring (bicyclic) bond motifs is 1. The molecule has 2 amide bonds. The Labute approximate surface area is 200 Å². The Morgan fingerprint density at radius 2 is 1.83 bits per heavy atom. The number of ketones is 1. The van der Waals surface area contributed by atoms with Crippen molar-refractivity contribution >= 4 is 34.3 Å². The molecule has 1 atom stereocenters. The minimum atomic E-state index is -0.619. The highest BCUT2D eigenvalue weighted by molar-refractivity contribution is 6.45. The molecule has 5 rings (SSSR count). The lowest BCUT2D eigenvalue weighted by Gasteiger charge is -2.39. The van der Waals surface area contributed by atoms with Crippen LogP contribution in [0, 0.1) is 0 Å². The molecule has 1 saturated heterocycles. The zero-order chi connectivity index (χ0) is 24.5. The van der Waals surface area contributed by atoms with E-state index in [1.54, 1.807) is 29.3 Å². The highest BCUT2D eigenvalue weighted by atomic mass is 16.2. The van der Waals surface area contributed by atoms with E-state index in [2.05, 4.69) is 19.9 Å². The van der Waals surface area contributed by atoms with Gasteiger partial charge in [-0.05, 0) is 25.1 Å². The fourth-order valence-electron chi connectivity index (χ4n) is 4.35. The third-order valence-electron chi connectivity index (χ3n) is 6.15. The molecule has 1 aromatic carbocycles. The number of amides is 2. The van der Waals surface area contributed by atoms with E-state index in [9.17, 15) is 14.4 Å². The predicted molar refractivity (Wildman–Crippen MR) is 129 cm³/mol. The molecule has 1 aliphatic heterocycles. The number of nitrogens with one attached hydrogen (secondary N) is 1. The van der Waals surface area contributed by atoms with E-state index in [-0.39, 0.29) is 36.4 Å². The molecule has 0 bridgehead atoms. The predicted octanol–water partition coefficient (Wildman–Crippen LogP) is 2.16. The minimum Gasteiger partial charge on any atom is -0.382 e. The number of hydrogen-bond acceptors (Lipinski definition) is 7. The van der Waals surface area contributed by atoms with Crippen LogP contribution in [0.15, 0.2) is 61.2 Å². The van der Waals surface area contributed by atoms with Crippen LogP contribution in [0.3, 0.4) is 0 Å². The van der Waals surface area contributed by atoms with Gasteiger partial charge in [0.2, 0.25) is 0 Å². The summed E-state index contributed by atoms with van der Waals surface area (Å²) in [4.78, 5) is 58.1. The van der Waals surface area contributed by atoms with Crippen molar-refractivity contribution in [3.63, 3.8) is 0 Å². The Morgan fingerprint density at radius 3 is 2.54 bits per heavy atom. The molecular weight excluding hydrogens is 446 g/mol. The van der Waals surface area contributed by atoms with Crippen LogP contribution in [0.1, 0.15) is 27.6 Å². The van der Waals surface area contributed by atoms with Gasteiger partial charge in [-0.3, -0.25) is 19.4 Å². The molecule has 0 aliphatic carbocycles. The Kier molecular flexibility index (Phi) is 5.69. The summed E-state index contributed by atoms with van der Waals surface area (Å²) in [5.74, 6) is -1.02. The van der Waals surface area contributed by atoms with Gasteiger partial charge in [-0.25, -0.2) is 9.97 Å². The monoisotopic (exact) mass is 469 g/mol. The summed E-state index contributed by atoms with van der Waals surface area (Å²) in [7, 11) is 0. The van der Waals surface area contributed by atoms with E-state index in [1.807, 2.05) is 25.1 Å². The van der Waals surface area contributed by atoms with E-state index < -0.39 is 11.7 Å². The fourth-order valence-corrected chi connectivity index (χ4v) is 4.35. The first-order valence-electron chi connectivity index (χ1n) is 11.2. The molecule has 1 unspecified atom stereocenters. The number of nitrogens with zero attached hydrogens (tertiary/aromatic N) is 5. The van der Waals surface area contributed by atoms with Gasteiger partial charge in [-0.1, -0.05) is 18.2 Å². The van der Waals surface area contributed by atoms with Crippen LogP contribution in [0.5, 0.6) is 0 Å². The second kappa shape index (κ2) is 8.98. The highest BCUT2D eigenvalue weighted by Crippen LogP contribution is 2.27. The maximum Gasteiger partial charge on any atom is 0.295 e. The lowest BCUT2D eigenvalue weighted by atomic mass is 10.1. The normalized spacial score (nSPS) is 15.9. The zero-order valence-electron chi connectivity index (χ0n) is 19.0. The first kappa shape index (κ1) is 22.2. The average Bonchev–Trinajstić information content (AvgIpc) is 3.33. The molecule has 176 valence electrons. The van der Waals surface area contributed by atoms with Gasteiger partial charge in [0.15, 0.2) is 0 Å². The Balaban J connectivity index is 1.34. The molecule has 3 aromatic heterocycles. The van der Waals surface area contributed by atoms with Crippen molar-refractivity contribution in [3.05, 3.63) is 72.3 Å². The molecule has 35 heavy (non-hydrogen) atoms. The number of carbonyl (C=O) groups is 3. The molecule has 4 aromatic rings. The number of benzene rings is 1. The molecule has 1 fully saturated rings. The van der Waals surface area contributed by atoms with E-state index in [0.717, 1.165) is 0 Å². The topological polar surface area (TPSA) is 138 Å². The number of hydrogen-bond donors (Lipinski definition) is 2. The second-order valence-corrected chi connectivity index (χ2v) is 8.40. The maximum atomic E-state index is 13.2. The summed E-state index contributed by atoms with van der Waals surface area (Å²) < 4.78 is 0. The van der Waals surface area contributed by atoms with Crippen molar-refractivity contribution in [1.29, 1.82) is 0 Å². The van der Waals surface area contributed by atoms with E-state index >= 15 is 0 Å². The van der Waals surface area contributed by atoms with Crippen LogP contribution in [0.25, 0.3) is 22.3 Å². The lowest BCUT2D eigenvalue weighted by Crippen LogP contribution is -2.56. The number of Topliss-reactive ketones (excluding diaryl/α,β-unsaturated/α-hetero) is 1. The van der Waals surface area contributed by atoms with Crippen molar-refractivity contribution in [2.75, 3.05) is 25.4 Å². The highest BCUT2D eigenvalue weighted by Gasteiger charge is 2.33. The van der Waals surface area contributed by atoms with Crippen molar-refractivity contribution in [2.45, 2.75) is 13.0 Å². The maximum absolute atomic E-state index is 13.2. The molecule has 1 aliphatic rings. The van der Waals surface area contributed by atoms with Crippen LogP contribution in [-0.2, 0) is 4.79 Å². The van der Waals surface area contributed by atoms with Gasteiger partial charge in [-0.15, -0.1) is 0 Å². The number of nitrogens with two attached hydrogens (primary N) is 1. The van der Waals surface area contributed by atoms with Crippen LogP contribution in [-0.4, -0.2) is 73.0 Å². The smallest absolute Gasteiger partial charge is 0.295 e. The number of aromatic nitrogens is 4. The number of anilines is 1. The molecular formula is C25H23N7O3. The van der Waals surface area contributed by atoms with E-state index in [4.69, 9.17) is 5.73 Å². The Morgan fingerprint density at radius 1 is 1.03 bits per heavy atom. The van der Waals surface area contributed by atoms with Gasteiger partial charge < -0.3 is 20.5 Å². The van der Waals surface area contributed by atoms with Crippen LogP contribution >= 0.6 is 0 Å². The average molecular weight is 470 g/mol. The molecule has 10 nitrogen and oxygen atoms in total. The largest absolute Gasteiger partial charge is 0.382 e. The van der Waals surface area contributed by atoms with Crippen molar-refractivity contribution in [1.82, 2.24) is 29.7 Å². The number of piperazine rings is 1. The lowest BCUT2D eigenvalue weighted by molar-refractivity contribution is -0.128. The minimum absolute atomic E-state index is 0.0843. The molecule has 3 N–H and O–H groups in total. The van der Waals surface area contributed by atoms with E-state index in [1.165, 1.54) is 23.5 Å². The van der Waals surface area contributed by atoms with Crippen LogP contribution in [0.2, 0.25) is 0 Å². The summed E-state index contributed by atoms with van der Waals surface area (Å²) >= 11 is 0. The third kappa shape index (κ3) is 4.10. The number of pyridine rings is 1. The summed E-state index contributed by atoms with van der Waals surface area (Å²) in [5.41, 5.74) is 8.05. The van der Waals surface area contributed by atoms with Gasteiger partial charge >= 0.3 is 0 Å². The summed E-state index contributed by atoms with van der Waals surface area (Å²) in [6, 6.07) is 10.5. The van der Waals surface area contributed by atoms with Crippen molar-refractivity contribution < 1.29 is 14.4 Å². The van der Waals surface area contributed by atoms with Gasteiger partial charge in [0, 0.05) is 49.0 Å². The molecule has 0 saturated carbocycles. The molecule has 0 radical (unpaired) electrons.